The second-order valence-electron chi connectivity index (χ2n) is 6.21. The van der Waals surface area contributed by atoms with Gasteiger partial charge in [0.25, 0.3) is 0 Å². The summed E-state index contributed by atoms with van der Waals surface area (Å²) in [5.41, 5.74) is 7.50. The number of rotatable bonds is 1. The molecule has 0 atom stereocenters. The van der Waals surface area contributed by atoms with E-state index in [2.05, 4.69) is 20.8 Å². The summed E-state index contributed by atoms with van der Waals surface area (Å²) in [7, 11) is 0. The normalized spacial score (nSPS) is 19.2. The Bertz CT molecular complexity index is 368. The van der Waals surface area contributed by atoms with Crippen molar-refractivity contribution in [3.8, 4) is 0 Å². The van der Waals surface area contributed by atoms with Gasteiger partial charge in [-0.05, 0) is 12.8 Å². The highest BCUT2D eigenvalue weighted by molar-refractivity contribution is 7.15. The van der Waals surface area contributed by atoms with Crippen LogP contribution >= 0.6 is 11.3 Å². The first-order valence-corrected chi connectivity index (χ1v) is 7.57. The molecule has 96 valence electrons. The van der Waals surface area contributed by atoms with Crippen LogP contribution in [0, 0.1) is 0 Å². The van der Waals surface area contributed by atoms with Gasteiger partial charge in [-0.25, -0.2) is 4.98 Å². The quantitative estimate of drug-likeness (QED) is 0.749. The van der Waals surface area contributed by atoms with Gasteiger partial charge in [-0.15, -0.1) is 11.3 Å². The average Bonchev–Trinajstić information content (AvgIpc) is 2.50. The highest BCUT2D eigenvalue weighted by atomic mass is 32.1. The third-order valence-electron chi connectivity index (χ3n) is 3.56. The van der Waals surface area contributed by atoms with Gasteiger partial charge in [0.1, 0.15) is 10.0 Å². The summed E-state index contributed by atoms with van der Waals surface area (Å²) in [6.45, 7) is 6.63. The third kappa shape index (κ3) is 3.01. The van der Waals surface area contributed by atoms with Crippen LogP contribution in [0.1, 0.15) is 75.9 Å². The molecule has 3 heteroatoms. The van der Waals surface area contributed by atoms with Crippen molar-refractivity contribution in [1.82, 2.24) is 4.98 Å². The number of hydrogen-bond donors (Lipinski definition) is 1. The molecule has 1 heterocycles. The van der Waals surface area contributed by atoms with Crippen molar-refractivity contribution in [2.24, 2.45) is 0 Å². The maximum Gasteiger partial charge on any atom is 0.110 e. The fourth-order valence-corrected chi connectivity index (χ4v) is 3.49. The van der Waals surface area contributed by atoms with Crippen molar-refractivity contribution in [2.75, 3.05) is 5.73 Å². The van der Waals surface area contributed by atoms with Crippen LogP contribution in [0.25, 0.3) is 0 Å². The summed E-state index contributed by atoms with van der Waals surface area (Å²) < 4.78 is 0. The fraction of sp³-hybridized carbons (Fsp3) is 0.786. The van der Waals surface area contributed by atoms with Gasteiger partial charge in [0.05, 0.1) is 5.69 Å². The summed E-state index contributed by atoms with van der Waals surface area (Å²) >= 11 is 1.69. The van der Waals surface area contributed by atoms with Crippen molar-refractivity contribution >= 4 is 16.3 Å². The Morgan fingerprint density at radius 2 is 1.71 bits per heavy atom. The number of nitrogen functional groups attached to an aromatic ring is 1. The van der Waals surface area contributed by atoms with Crippen molar-refractivity contribution in [2.45, 2.75) is 70.6 Å². The molecule has 1 fully saturated rings. The Labute approximate surface area is 109 Å². The van der Waals surface area contributed by atoms with Crippen LogP contribution in [0.5, 0.6) is 0 Å². The van der Waals surface area contributed by atoms with Gasteiger partial charge in [-0.3, -0.25) is 0 Å². The van der Waals surface area contributed by atoms with E-state index >= 15 is 0 Å². The molecule has 1 aromatic rings. The summed E-state index contributed by atoms with van der Waals surface area (Å²) in [5.74, 6) is 0.616. The smallest absolute Gasteiger partial charge is 0.110 e. The molecular formula is C14H24N2S. The number of nitrogens with zero attached hydrogens (tertiary/aromatic N) is 1. The van der Waals surface area contributed by atoms with Gasteiger partial charge in [-0.1, -0.05) is 46.5 Å². The minimum absolute atomic E-state index is 0.127. The molecule has 0 bridgehead atoms. The molecule has 0 aliphatic heterocycles. The zero-order chi connectivity index (χ0) is 12.5. The van der Waals surface area contributed by atoms with Crippen LogP contribution in [-0.4, -0.2) is 4.98 Å². The van der Waals surface area contributed by atoms with E-state index in [4.69, 9.17) is 10.7 Å². The van der Waals surface area contributed by atoms with Crippen LogP contribution in [0.3, 0.4) is 0 Å². The number of aromatic nitrogens is 1. The van der Waals surface area contributed by atoms with Crippen molar-refractivity contribution in [3.05, 3.63) is 10.7 Å². The SMILES string of the molecule is CC(C)(C)c1nc(C2CCCCCC2)c(N)s1. The molecule has 2 nitrogen and oxygen atoms in total. The molecule has 1 aromatic heterocycles. The standard InChI is InChI=1S/C14H24N2S/c1-14(2,3)13-16-11(12(15)17-13)10-8-6-4-5-7-9-10/h10H,4-9,15H2,1-3H3. The van der Waals surface area contributed by atoms with Crippen LogP contribution in [0.2, 0.25) is 0 Å². The van der Waals surface area contributed by atoms with Crippen LogP contribution in [0.15, 0.2) is 0 Å². The van der Waals surface area contributed by atoms with Gasteiger partial charge in [0.2, 0.25) is 0 Å². The molecular weight excluding hydrogens is 228 g/mol. The summed E-state index contributed by atoms with van der Waals surface area (Å²) in [6, 6.07) is 0. The fourth-order valence-electron chi connectivity index (χ4n) is 2.51. The van der Waals surface area contributed by atoms with E-state index in [1.165, 1.54) is 49.2 Å². The van der Waals surface area contributed by atoms with Crippen molar-refractivity contribution in [3.63, 3.8) is 0 Å². The van der Waals surface area contributed by atoms with Gasteiger partial charge in [0, 0.05) is 11.3 Å². The van der Waals surface area contributed by atoms with Crippen LogP contribution < -0.4 is 5.73 Å². The number of nitrogens with two attached hydrogens (primary N) is 1. The molecule has 0 amide bonds. The molecule has 0 saturated heterocycles. The number of thiazole rings is 1. The molecule has 0 radical (unpaired) electrons. The Morgan fingerprint density at radius 3 is 2.18 bits per heavy atom. The van der Waals surface area contributed by atoms with E-state index in [9.17, 15) is 0 Å². The van der Waals surface area contributed by atoms with Crippen molar-refractivity contribution < 1.29 is 0 Å². The molecule has 1 aliphatic carbocycles. The predicted octanol–water partition coefficient (Wildman–Crippen LogP) is 4.46. The van der Waals surface area contributed by atoms with Gasteiger partial charge in [0.15, 0.2) is 0 Å². The third-order valence-corrected chi connectivity index (χ3v) is 4.89. The van der Waals surface area contributed by atoms with Crippen LogP contribution in [0.4, 0.5) is 5.00 Å². The topological polar surface area (TPSA) is 38.9 Å². The zero-order valence-electron chi connectivity index (χ0n) is 11.3. The molecule has 0 aromatic carbocycles. The molecule has 0 spiro atoms. The maximum atomic E-state index is 6.18. The Hall–Kier alpha value is -0.570. The minimum atomic E-state index is 0.127. The lowest BCUT2D eigenvalue weighted by Crippen LogP contribution is -2.11. The summed E-state index contributed by atoms with van der Waals surface area (Å²) in [4.78, 5) is 4.84. The van der Waals surface area contributed by atoms with E-state index in [0.29, 0.717) is 5.92 Å². The summed E-state index contributed by atoms with van der Waals surface area (Å²) in [6.07, 6.45) is 7.99. The largest absolute Gasteiger partial charge is 0.389 e. The highest BCUT2D eigenvalue weighted by Gasteiger charge is 2.25. The van der Waals surface area contributed by atoms with E-state index < -0.39 is 0 Å². The molecule has 17 heavy (non-hydrogen) atoms. The number of anilines is 1. The second kappa shape index (κ2) is 4.97. The minimum Gasteiger partial charge on any atom is -0.389 e. The Balaban J connectivity index is 2.22. The van der Waals surface area contributed by atoms with E-state index in [-0.39, 0.29) is 5.41 Å². The van der Waals surface area contributed by atoms with E-state index in [0.717, 1.165) is 5.00 Å². The lowest BCUT2D eigenvalue weighted by atomic mass is 9.95. The molecule has 0 unspecified atom stereocenters. The first-order chi connectivity index (χ1) is 7.98. The lowest BCUT2D eigenvalue weighted by Gasteiger charge is -2.14. The number of hydrogen-bond acceptors (Lipinski definition) is 3. The van der Waals surface area contributed by atoms with E-state index in [1.807, 2.05) is 0 Å². The second-order valence-corrected chi connectivity index (χ2v) is 7.24. The van der Waals surface area contributed by atoms with E-state index in [1.54, 1.807) is 11.3 Å². The zero-order valence-corrected chi connectivity index (χ0v) is 12.1. The van der Waals surface area contributed by atoms with Gasteiger partial charge < -0.3 is 5.73 Å². The highest BCUT2D eigenvalue weighted by Crippen LogP contribution is 2.39. The predicted molar refractivity (Wildman–Crippen MR) is 75.7 cm³/mol. The molecule has 2 N–H and O–H groups in total. The van der Waals surface area contributed by atoms with Crippen molar-refractivity contribution in [1.29, 1.82) is 0 Å². The van der Waals surface area contributed by atoms with Gasteiger partial charge in [-0.2, -0.15) is 0 Å². The molecule has 1 aliphatic rings. The lowest BCUT2D eigenvalue weighted by molar-refractivity contribution is 0.556. The van der Waals surface area contributed by atoms with Crippen LogP contribution in [-0.2, 0) is 5.41 Å². The first-order valence-electron chi connectivity index (χ1n) is 6.75. The Kier molecular flexibility index (Phi) is 3.76. The average molecular weight is 252 g/mol. The Morgan fingerprint density at radius 1 is 1.12 bits per heavy atom. The summed E-state index contributed by atoms with van der Waals surface area (Å²) in [5, 5.41) is 2.15. The first kappa shape index (κ1) is 12.9. The monoisotopic (exact) mass is 252 g/mol. The van der Waals surface area contributed by atoms with Gasteiger partial charge >= 0.3 is 0 Å². The molecule has 2 rings (SSSR count). The maximum absolute atomic E-state index is 6.18. The molecule has 1 saturated carbocycles.